The third kappa shape index (κ3) is 9.43. The zero-order chi connectivity index (χ0) is 21.2. The fourth-order valence-electron chi connectivity index (χ4n) is 2.73. The normalized spacial score (nSPS) is 15.6. The highest BCUT2D eigenvalue weighted by Gasteiger charge is 2.24. The van der Waals surface area contributed by atoms with Gasteiger partial charge in [-0.2, -0.15) is 0 Å². The molecule has 0 saturated heterocycles. The third-order valence-corrected chi connectivity index (χ3v) is 4.16. The van der Waals surface area contributed by atoms with Crippen molar-refractivity contribution in [3.8, 4) is 0 Å². The van der Waals surface area contributed by atoms with Crippen LogP contribution < -0.4 is 5.32 Å². The molecule has 8 nitrogen and oxygen atoms in total. The van der Waals surface area contributed by atoms with Gasteiger partial charge in [0.05, 0.1) is 24.9 Å². The van der Waals surface area contributed by atoms with Crippen LogP contribution in [0.1, 0.15) is 47.0 Å². The molecule has 3 amide bonds. The predicted molar refractivity (Wildman–Crippen MR) is 104 cm³/mol. The van der Waals surface area contributed by atoms with Gasteiger partial charge < -0.3 is 19.9 Å². The van der Waals surface area contributed by atoms with Gasteiger partial charge in [-0.3, -0.25) is 19.3 Å². The Balaban J connectivity index is 2.16. The Morgan fingerprint density at radius 1 is 1.25 bits per heavy atom. The van der Waals surface area contributed by atoms with Gasteiger partial charge in [-0.15, -0.1) is 0 Å². The zero-order valence-electron chi connectivity index (χ0n) is 17.4. The Hall–Kier alpha value is -1.77. The van der Waals surface area contributed by atoms with Gasteiger partial charge in [0.25, 0.3) is 11.8 Å². The number of imide groups is 1. The van der Waals surface area contributed by atoms with Gasteiger partial charge in [-0.1, -0.05) is 13.8 Å². The SMILES string of the molecule is CC(C)CC(COCCCNC(=O)CCN1C(=O)C=CC1=O)OC(C)(C)CO. The van der Waals surface area contributed by atoms with E-state index in [-0.39, 0.29) is 43.4 Å². The minimum absolute atomic E-state index is 0.0572. The zero-order valence-corrected chi connectivity index (χ0v) is 17.4. The minimum Gasteiger partial charge on any atom is -0.393 e. The first kappa shape index (κ1) is 24.3. The topological polar surface area (TPSA) is 105 Å². The molecule has 0 aromatic rings. The fraction of sp³-hybridized carbons (Fsp3) is 0.750. The van der Waals surface area contributed by atoms with Crippen molar-refractivity contribution in [2.24, 2.45) is 5.92 Å². The number of hydrogen-bond acceptors (Lipinski definition) is 6. The van der Waals surface area contributed by atoms with Crippen LogP contribution in [-0.4, -0.2) is 72.3 Å². The molecule has 0 aliphatic carbocycles. The van der Waals surface area contributed by atoms with Gasteiger partial charge in [-0.25, -0.2) is 0 Å². The van der Waals surface area contributed by atoms with Crippen LogP contribution in [0, 0.1) is 5.92 Å². The smallest absolute Gasteiger partial charge is 0.253 e. The van der Waals surface area contributed by atoms with Crippen LogP contribution in [0.15, 0.2) is 12.2 Å². The Morgan fingerprint density at radius 3 is 2.46 bits per heavy atom. The molecule has 1 rings (SSSR count). The maximum atomic E-state index is 11.8. The summed E-state index contributed by atoms with van der Waals surface area (Å²) in [5.41, 5.74) is -0.607. The van der Waals surface area contributed by atoms with Crippen LogP contribution in [0.3, 0.4) is 0 Å². The van der Waals surface area contributed by atoms with Crippen molar-refractivity contribution in [2.75, 3.05) is 32.9 Å². The molecule has 1 unspecified atom stereocenters. The largest absolute Gasteiger partial charge is 0.393 e. The molecular weight excluding hydrogens is 364 g/mol. The number of rotatable bonds is 14. The van der Waals surface area contributed by atoms with E-state index in [1.54, 1.807) is 0 Å². The number of aliphatic hydroxyl groups is 1. The summed E-state index contributed by atoms with van der Waals surface area (Å²) in [6.45, 7) is 9.29. The Bertz CT molecular complexity index is 541. The van der Waals surface area contributed by atoms with Gasteiger partial charge in [0.15, 0.2) is 0 Å². The van der Waals surface area contributed by atoms with Crippen molar-refractivity contribution in [1.29, 1.82) is 0 Å². The molecule has 0 spiro atoms. The lowest BCUT2D eigenvalue weighted by Gasteiger charge is -2.30. The standard InChI is InChI=1S/C20H34N2O6/c1-15(2)12-16(28-20(3,4)14-23)13-27-11-5-9-21-17(24)8-10-22-18(25)6-7-19(22)26/h6-7,15-16,23H,5,8-14H2,1-4H3,(H,21,24). The van der Waals surface area contributed by atoms with Gasteiger partial charge in [0, 0.05) is 38.3 Å². The average Bonchev–Trinajstić information content (AvgIpc) is 2.93. The molecule has 1 aliphatic heterocycles. The van der Waals surface area contributed by atoms with E-state index < -0.39 is 5.60 Å². The van der Waals surface area contributed by atoms with Gasteiger partial charge in [-0.05, 0) is 32.6 Å². The van der Waals surface area contributed by atoms with E-state index in [9.17, 15) is 19.5 Å². The Morgan fingerprint density at radius 2 is 1.89 bits per heavy atom. The van der Waals surface area contributed by atoms with Gasteiger partial charge in [0.2, 0.25) is 5.91 Å². The minimum atomic E-state index is -0.607. The van der Waals surface area contributed by atoms with Crippen molar-refractivity contribution < 1.29 is 29.0 Å². The number of hydrogen-bond donors (Lipinski definition) is 2. The number of ether oxygens (including phenoxy) is 2. The van der Waals surface area contributed by atoms with E-state index in [4.69, 9.17) is 9.47 Å². The maximum absolute atomic E-state index is 11.8. The van der Waals surface area contributed by atoms with Crippen LogP contribution in [0.25, 0.3) is 0 Å². The fourth-order valence-corrected chi connectivity index (χ4v) is 2.73. The van der Waals surface area contributed by atoms with E-state index in [0.29, 0.717) is 32.1 Å². The van der Waals surface area contributed by atoms with Crippen LogP contribution >= 0.6 is 0 Å². The van der Waals surface area contributed by atoms with E-state index in [0.717, 1.165) is 11.3 Å². The number of carbonyl (C=O) groups excluding carboxylic acids is 3. The summed E-state index contributed by atoms with van der Waals surface area (Å²) < 4.78 is 11.6. The second-order valence-corrected chi connectivity index (χ2v) is 7.98. The number of nitrogens with zero attached hydrogens (tertiary/aromatic N) is 1. The molecule has 1 heterocycles. The van der Waals surface area contributed by atoms with Crippen LogP contribution in [-0.2, 0) is 23.9 Å². The highest BCUT2D eigenvalue weighted by atomic mass is 16.6. The molecule has 0 fully saturated rings. The molecule has 0 saturated carbocycles. The lowest BCUT2D eigenvalue weighted by atomic mass is 10.0. The highest BCUT2D eigenvalue weighted by Crippen LogP contribution is 2.17. The molecule has 0 aromatic heterocycles. The first-order chi connectivity index (χ1) is 13.1. The third-order valence-electron chi connectivity index (χ3n) is 4.16. The van der Waals surface area contributed by atoms with Crippen molar-refractivity contribution in [3.05, 3.63) is 12.2 Å². The molecule has 28 heavy (non-hydrogen) atoms. The van der Waals surface area contributed by atoms with Crippen molar-refractivity contribution in [1.82, 2.24) is 10.2 Å². The summed E-state index contributed by atoms with van der Waals surface area (Å²) in [7, 11) is 0. The van der Waals surface area contributed by atoms with Crippen molar-refractivity contribution in [2.45, 2.75) is 58.7 Å². The highest BCUT2D eigenvalue weighted by molar-refractivity contribution is 6.13. The number of carbonyl (C=O) groups is 3. The average molecular weight is 399 g/mol. The lowest BCUT2D eigenvalue weighted by Crippen LogP contribution is -2.37. The summed E-state index contributed by atoms with van der Waals surface area (Å²) in [4.78, 5) is 35.7. The number of aliphatic hydroxyl groups excluding tert-OH is 1. The van der Waals surface area contributed by atoms with Crippen molar-refractivity contribution in [3.63, 3.8) is 0 Å². The molecule has 1 aliphatic rings. The molecule has 0 radical (unpaired) electrons. The van der Waals surface area contributed by atoms with E-state index in [2.05, 4.69) is 19.2 Å². The van der Waals surface area contributed by atoms with Crippen LogP contribution in [0.2, 0.25) is 0 Å². The molecule has 0 aromatic carbocycles. The lowest BCUT2D eigenvalue weighted by molar-refractivity contribution is -0.137. The van der Waals surface area contributed by atoms with E-state index in [1.807, 2.05) is 13.8 Å². The first-order valence-electron chi connectivity index (χ1n) is 9.81. The number of nitrogens with one attached hydrogen (secondary N) is 1. The summed E-state index contributed by atoms with van der Waals surface area (Å²) in [6.07, 6.45) is 3.88. The molecule has 1 atom stereocenters. The van der Waals surface area contributed by atoms with Crippen molar-refractivity contribution >= 4 is 17.7 Å². The van der Waals surface area contributed by atoms with Gasteiger partial charge >= 0.3 is 0 Å². The monoisotopic (exact) mass is 398 g/mol. The number of amides is 3. The van der Waals surface area contributed by atoms with E-state index in [1.165, 1.54) is 12.2 Å². The maximum Gasteiger partial charge on any atom is 0.253 e. The molecule has 160 valence electrons. The summed E-state index contributed by atoms with van der Waals surface area (Å²) in [6, 6.07) is 0. The van der Waals surface area contributed by atoms with Gasteiger partial charge in [0.1, 0.15) is 0 Å². The molecule has 0 bridgehead atoms. The molecular formula is C20H34N2O6. The summed E-state index contributed by atoms with van der Waals surface area (Å²) in [5.74, 6) is -0.521. The second-order valence-electron chi connectivity index (χ2n) is 7.98. The summed E-state index contributed by atoms with van der Waals surface area (Å²) in [5, 5.41) is 12.1. The first-order valence-corrected chi connectivity index (χ1v) is 9.81. The predicted octanol–water partition coefficient (Wildman–Crippen LogP) is 1.03. The molecule has 2 N–H and O–H groups in total. The Kier molecular flexibility index (Phi) is 10.3. The van der Waals surface area contributed by atoms with E-state index >= 15 is 0 Å². The molecule has 8 heteroatoms. The quantitative estimate of drug-likeness (QED) is 0.334. The second kappa shape index (κ2) is 11.9. The summed E-state index contributed by atoms with van der Waals surface area (Å²) >= 11 is 0. The van der Waals surface area contributed by atoms with Crippen LogP contribution in [0.5, 0.6) is 0 Å². The Labute approximate surface area is 167 Å². The van der Waals surface area contributed by atoms with Crippen LogP contribution in [0.4, 0.5) is 0 Å².